The number of ether oxygens (including phenoxy) is 1. The molecule has 0 aliphatic carbocycles. The zero-order valence-corrected chi connectivity index (χ0v) is 14.0. The first-order chi connectivity index (χ1) is 10.0. The summed E-state index contributed by atoms with van der Waals surface area (Å²) >= 11 is 0. The van der Waals surface area contributed by atoms with Crippen molar-refractivity contribution in [2.45, 2.75) is 65.0 Å². The lowest BCUT2D eigenvalue weighted by Gasteiger charge is -2.31. The molecule has 3 N–H and O–H groups in total. The number of amides is 2. The Morgan fingerprint density at radius 1 is 1.32 bits per heavy atom. The normalized spacial score (nSPS) is 20.0. The first-order valence-electron chi connectivity index (χ1n) is 7.69. The van der Waals surface area contributed by atoms with Gasteiger partial charge in [-0.2, -0.15) is 0 Å². The van der Waals surface area contributed by atoms with Gasteiger partial charge in [0, 0.05) is 6.54 Å². The summed E-state index contributed by atoms with van der Waals surface area (Å²) in [4.78, 5) is 26.0. The van der Waals surface area contributed by atoms with Gasteiger partial charge in [-0.05, 0) is 39.5 Å². The quantitative estimate of drug-likeness (QED) is 0.658. The SMILES string of the molecule is CC(C)[C@H](NC(=O)OC(C)(C)C)C(=O)N1CCC[C@H]1B(O)O. The van der Waals surface area contributed by atoms with Crippen molar-refractivity contribution >= 4 is 19.1 Å². The molecule has 2 atom stereocenters. The third kappa shape index (κ3) is 5.17. The van der Waals surface area contributed by atoms with Gasteiger partial charge in [-0.3, -0.25) is 4.79 Å². The Morgan fingerprint density at radius 2 is 1.91 bits per heavy atom. The average Bonchev–Trinajstić information content (AvgIpc) is 2.81. The van der Waals surface area contributed by atoms with E-state index in [2.05, 4.69) is 5.32 Å². The number of rotatable bonds is 4. The molecule has 0 saturated carbocycles. The van der Waals surface area contributed by atoms with E-state index in [9.17, 15) is 19.6 Å². The van der Waals surface area contributed by atoms with E-state index in [1.807, 2.05) is 13.8 Å². The molecule has 0 aromatic rings. The second-order valence-electron chi connectivity index (χ2n) is 7.02. The molecule has 8 heteroatoms. The standard InChI is InChI=1S/C14H27BN2O5/c1-9(2)11(16-13(19)22-14(3,4)5)12(18)17-8-6-7-10(17)15(20)21/h9-11,20-21H,6-8H2,1-5H3,(H,16,19)/t10-,11-/m0/s1. The van der Waals surface area contributed by atoms with Crippen LogP contribution >= 0.6 is 0 Å². The van der Waals surface area contributed by atoms with Gasteiger partial charge in [0.1, 0.15) is 11.6 Å². The summed E-state index contributed by atoms with van der Waals surface area (Å²) in [5.74, 6) is -1.07. The molecule has 1 rings (SSSR count). The van der Waals surface area contributed by atoms with Crippen LogP contribution in [0.1, 0.15) is 47.5 Å². The zero-order valence-electron chi connectivity index (χ0n) is 14.0. The van der Waals surface area contributed by atoms with Gasteiger partial charge in [0.15, 0.2) is 0 Å². The van der Waals surface area contributed by atoms with Crippen molar-refractivity contribution in [3.8, 4) is 0 Å². The summed E-state index contributed by atoms with van der Waals surface area (Å²) in [5.41, 5.74) is -0.647. The molecule has 0 radical (unpaired) electrons. The highest BCUT2D eigenvalue weighted by molar-refractivity contribution is 6.43. The topological polar surface area (TPSA) is 99.1 Å². The van der Waals surface area contributed by atoms with Gasteiger partial charge in [0.25, 0.3) is 0 Å². The van der Waals surface area contributed by atoms with Crippen LogP contribution in [0.25, 0.3) is 0 Å². The van der Waals surface area contributed by atoms with E-state index in [-0.39, 0.29) is 11.8 Å². The second-order valence-corrected chi connectivity index (χ2v) is 7.02. The molecule has 1 fully saturated rings. The van der Waals surface area contributed by atoms with E-state index < -0.39 is 30.8 Å². The highest BCUT2D eigenvalue weighted by atomic mass is 16.6. The number of nitrogens with zero attached hydrogens (tertiary/aromatic N) is 1. The van der Waals surface area contributed by atoms with Crippen molar-refractivity contribution in [3.05, 3.63) is 0 Å². The Labute approximate surface area is 132 Å². The minimum Gasteiger partial charge on any atom is -0.444 e. The molecular formula is C14H27BN2O5. The monoisotopic (exact) mass is 314 g/mol. The van der Waals surface area contributed by atoms with Gasteiger partial charge >= 0.3 is 13.2 Å². The number of hydrogen-bond acceptors (Lipinski definition) is 5. The maximum atomic E-state index is 12.6. The minimum atomic E-state index is -1.57. The number of likely N-dealkylation sites (tertiary alicyclic amines) is 1. The highest BCUT2D eigenvalue weighted by Crippen LogP contribution is 2.21. The Kier molecular flexibility index (Phi) is 6.25. The van der Waals surface area contributed by atoms with Gasteiger partial charge in [0.2, 0.25) is 5.91 Å². The van der Waals surface area contributed by atoms with Crippen molar-refractivity contribution in [1.82, 2.24) is 10.2 Å². The summed E-state index contributed by atoms with van der Waals surface area (Å²) in [6.45, 7) is 9.34. The number of alkyl carbamates (subject to hydrolysis) is 1. The summed E-state index contributed by atoms with van der Waals surface area (Å²) in [6.07, 6.45) is 0.603. The fraction of sp³-hybridized carbons (Fsp3) is 0.857. The first kappa shape index (κ1) is 18.8. The molecule has 1 aliphatic heterocycles. The van der Waals surface area contributed by atoms with Crippen LogP contribution in [-0.2, 0) is 9.53 Å². The minimum absolute atomic E-state index is 0.142. The summed E-state index contributed by atoms with van der Waals surface area (Å²) in [7, 11) is -1.57. The number of nitrogens with one attached hydrogen (secondary N) is 1. The van der Waals surface area contributed by atoms with Crippen LogP contribution in [0.15, 0.2) is 0 Å². The van der Waals surface area contributed by atoms with Crippen LogP contribution in [0.2, 0.25) is 0 Å². The number of hydrogen-bond donors (Lipinski definition) is 3. The van der Waals surface area contributed by atoms with E-state index in [0.29, 0.717) is 19.4 Å². The maximum Gasteiger partial charge on any atom is 0.475 e. The van der Waals surface area contributed by atoms with Crippen LogP contribution < -0.4 is 5.32 Å². The van der Waals surface area contributed by atoms with Crippen molar-refractivity contribution < 1.29 is 24.4 Å². The summed E-state index contributed by atoms with van der Waals surface area (Å²) < 4.78 is 5.19. The predicted octanol–water partition coefficient (Wildman–Crippen LogP) is 0.539. The van der Waals surface area contributed by atoms with Crippen LogP contribution in [0.3, 0.4) is 0 Å². The number of carbonyl (C=O) groups excluding carboxylic acids is 2. The van der Waals surface area contributed by atoms with Gasteiger partial charge < -0.3 is 25.0 Å². The van der Waals surface area contributed by atoms with Crippen LogP contribution in [-0.4, -0.2) is 58.2 Å². The van der Waals surface area contributed by atoms with Crippen LogP contribution in [0, 0.1) is 5.92 Å². The Balaban J connectivity index is 2.78. The molecule has 0 aromatic carbocycles. The lowest BCUT2D eigenvalue weighted by Crippen LogP contribution is -2.55. The van der Waals surface area contributed by atoms with E-state index in [1.165, 1.54) is 4.90 Å². The molecule has 0 aromatic heterocycles. The van der Waals surface area contributed by atoms with Crippen molar-refractivity contribution in [3.63, 3.8) is 0 Å². The average molecular weight is 314 g/mol. The number of carbonyl (C=O) groups is 2. The molecule has 0 spiro atoms. The second kappa shape index (κ2) is 7.33. The first-order valence-corrected chi connectivity index (χ1v) is 7.69. The Morgan fingerprint density at radius 3 is 2.36 bits per heavy atom. The van der Waals surface area contributed by atoms with Crippen LogP contribution in [0.4, 0.5) is 4.79 Å². The van der Waals surface area contributed by atoms with Crippen molar-refractivity contribution in [2.24, 2.45) is 5.92 Å². The van der Waals surface area contributed by atoms with Gasteiger partial charge in [0.05, 0.1) is 5.94 Å². The van der Waals surface area contributed by atoms with E-state index in [4.69, 9.17) is 4.74 Å². The molecule has 1 heterocycles. The zero-order chi connectivity index (χ0) is 17.1. The lowest BCUT2D eigenvalue weighted by molar-refractivity contribution is -0.134. The van der Waals surface area contributed by atoms with E-state index in [0.717, 1.165) is 0 Å². The van der Waals surface area contributed by atoms with Crippen LogP contribution in [0.5, 0.6) is 0 Å². The molecule has 0 bridgehead atoms. The lowest BCUT2D eigenvalue weighted by atomic mass is 9.77. The Bertz CT molecular complexity index is 409. The third-order valence-corrected chi connectivity index (χ3v) is 3.53. The molecule has 1 aliphatic rings. The third-order valence-electron chi connectivity index (χ3n) is 3.53. The van der Waals surface area contributed by atoms with Crippen molar-refractivity contribution in [1.29, 1.82) is 0 Å². The summed E-state index contributed by atoms with van der Waals surface area (Å²) in [5, 5.41) is 21.3. The fourth-order valence-electron chi connectivity index (χ4n) is 2.50. The summed E-state index contributed by atoms with van der Waals surface area (Å²) in [6, 6.07) is -0.755. The predicted molar refractivity (Wildman–Crippen MR) is 82.9 cm³/mol. The fourth-order valence-corrected chi connectivity index (χ4v) is 2.50. The molecule has 2 amide bonds. The van der Waals surface area contributed by atoms with Gasteiger partial charge in [-0.15, -0.1) is 0 Å². The molecule has 1 saturated heterocycles. The van der Waals surface area contributed by atoms with Gasteiger partial charge in [-0.1, -0.05) is 13.8 Å². The molecule has 0 unspecified atom stereocenters. The van der Waals surface area contributed by atoms with Crippen molar-refractivity contribution in [2.75, 3.05) is 6.54 Å². The molecular weight excluding hydrogens is 287 g/mol. The Hall–Kier alpha value is -1.28. The molecule has 22 heavy (non-hydrogen) atoms. The van der Waals surface area contributed by atoms with E-state index >= 15 is 0 Å². The highest BCUT2D eigenvalue weighted by Gasteiger charge is 2.40. The maximum absolute atomic E-state index is 12.6. The van der Waals surface area contributed by atoms with Gasteiger partial charge in [-0.25, -0.2) is 4.79 Å². The van der Waals surface area contributed by atoms with E-state index in [1.54, 1.807) is 20.8 Å². The largest absolute Gasteiger partial charge is 0.475 e. The molecule has 126 valence electrons. The molecule has 7 nitrogen and oxygen atoms in total. The smallest absolute Gasteiger partial charge is 0.444 e.